The monoisotopic (exact) mass is 373 g/mol. The SMILES string of the molecule is Cc1c(NC(=O)C(C)C2CNC2)cccc1C(=O)Nc1ccccc1.Cl. The first-order valence-electron chi connectivity index (χ1n) is 8.54. The maximum Gasteiger partial charge on any atom is 0.256 e. The minimum absolute atomic E-state index is 0. The molecule has 0 aliphatic carbocycles. The van der Waals surface area contributed by atoms with Crippen LogP contribution in [0.3, 0.4) is 0 Å². The highest BCUT2D eigenvalue weighted by molar-refractivity contribution is 6.06. The first-order valence-corrected chi connectivity index (χ1v) is 8.54. The summed E-state index contributed by atoms with van der Waals surface area (Å²) in [6.45, 7) is 5.56. The molecule has 2 aromatic carbocycles. The number of benzene rings is 2. The van der Waals surface area contributed by atoms with Crippen LogP contribution in [0.1, 0.15) is 22.8 Å². The van der Waals surface area contributed by atoms with Gasteiger partial charge in [0, 0.05) is 22.9 Å². The molecule has 138 valence electrons. The molecule has 1 fully saturated rings. The number of rotatable bonds is 5. The van der Waals surface area contributed by atoms with E-state index < -0.39 is 0 Å². The van der Waals surface area contributed by atoms with Crippen molar-refractivity contribution in [3.63, 3.8) is 0 Å². The molecule has 2 amide bonds. The van der Waals surface area contributed by atoms with E-state index in [9.17, 15) is 9.59 Å². The fourth-order valence-electron chi connectivity index (χ4n) is 2.86. The molecule has 1 aliphatic heterocycles. The van der Waals surface area contributed by atoms with Crippen molar-refractivity contribution in [1.29, 1.82) is 0 Å². The summed E-state index contributed by atoms with van der Waals surface area (Å²) in [7, 11) is 0. The summed E-state index contributed by atoms with van der Waals surface area (Å²) in [5.74, 6) is 0.138. The number of hydrogen-bond donors (Lipinski definition) is 3. The molecule has 0 saturated carbocycles. The zero-order valence-electron chi connectivity index (χ0n) is 14.9. The van der Waals surface area contributed by atoms with Gasteiger partial charge < -0.3 is 16.0 Å². The van der Waals surface area contributed by atoms with E-state index >= 15 is 0 Å². The second-order valence-electron chi connectivity index (χ2n) is 6.49. The number of carbonyl (C=O) groups excluding carboxylic acids is 2. The lowest BCUT2D eigenvalue weighted by Gasteiger charge is -2.31. The standard InChI is InChI=1S/C20H23N3O2.ClH/c1-13(15-11-21-12-15)19(24)23-18-10-6-9-17(14(18)2)20(25)22-16-7-4-3-5-8-16;/h3-10,13,15,21H,11-12H2,1-2H3,(H,22,25)(H,23,24);1H. The van der Waals surface area contributed by atoms with Crippen molar-refractivity contribution in [2.75, 3.05) is 23.7 Å². The Balaban J connectivity index is 0.00000243. The van der Waals surface area contributed by atoms with Gasteiger partial charge in [0.15, 0.2) is 0 Å². The summed E-state index contributed by atoms with van der Waals surface area (Å²) in [5, 5.41) is 9.04. The molecule has 0 bridgehead atoms. The van der Waals surface area contributed by atoms with E-state index in [-0.39, 0.29) is 30.1 Å². The van der Waals surface area contributed by atoms with Gasteiger partial charge in [-0.2, -0.15) is 0 Å². The third-order valence-corrected chi connectivity index (χ3v) is 4.80. The van der Waals surface area contributed by atoms with Gasteiger partial charge in [-0.1, -0.05) is 31.2 Å². The molecule has 0 radical (unpaired) electrons. The van der Waals surface area contributed by atoms with Crippen LogP contribution in [0.25, 0.3) is 0 Å². The molecule has 0 aromatic heterocycles. The summed E-state index contributed by atoms with van der Waals surface area (Å²) in [6.07, 6.45) is 0. The molecule has 3 rings (SSSR count). The second kappa shape index (κ2) is 8.83. The molecule has 6 heteroatoms. The third-order valence-electron chi connectivity index (χ3n) is 4.80. The topological polar surface area (TPSA) is 70.2 Å². The number of para-hydroxylation sites is 1. The first kappa shape index (κ1) is 19.9. The fourth-order valence-corrected chi connectivity index (χ4v) is 2.86. The largest absolute Gasteiger partial charge is 0.326 e. The smallest absolute Gasteiger partial charge is 0.256 e. The lowest BCUT2D eigenvalue weighted by Crippen LogP contribution is -2.48. The minimum Gasteiger partial charge on any atom is -0.326 e. The molecule has 1 aliphatic rings. The van der Waals surface area contributed by atoms with Crippen LogP contribution < -0.4 is 16.0 Å². The molecule has 5 nitrogen and oxygen atoms in total. The Morgan fingerprint density at radius 2 is 1.73 bits per heavy atom. The van der Waals surface area contributed by atoms with Crippen LogP contribution in [0.2, 0.25) is 0 Å². The van der Waals surface area contributed by atoms with Crippen molar-refractivity contribution < 1.29 is 9.59 Å². The zero-order chi connectivity index (χ0) is 17.8. The van der Waals surface area contributed by atoms with Crippen molar-refractivity contribution in [1.82, 2.24) is 5.32 Å². The van der Waals surface area contributed by atoms with E-state index in [2.05, 4.69) is 16.0 Å². The van der Waals surface area contributed by atoms with Crippen molar-refractivity contribution in [3.8, 4) is 0 Å². The quantitative estimate of drug-likeness (QED) is 0.751. The van der Waals surface area contributed by atoms with Crippen molar-refractivity contribution in [2.45, 2.75) is 13.8 Å². The number of anilines is 2. The molecule has 1 heterocycles. The summed E-state index contributed by atoms with van der Waals surface area (Å²) in [4.78, 5) is 25.0. The molecular formula is C20H24ClN3O2. The van der Waals surface area contributed by atoms with Crippen LogP contribution >= 0.6 is 12.4 Å². The van der Waals surface area contributed by atoms with Crippen LogP contribution in [-0.4, -0.2) is 24.9 Å². The average Bonchev–Trinajstić information content (AvgIpc) is 2.56. The molecule has 1 saturated heterocycles. The lowest BCUT2D eigenvalue weighted by atomic mass is 9.88. The van der Waals surface area contributed by atoms with Gasteiger partial charge in [-0.3, -0.25) is 9.59 Å². The predicted octanol–water partition coefficient (Wildman–Crippen LogP) is 3.46. The summed E-state index contributed by atoms with van der Waals surface area (Å²) >= 11 is 0. The number of amides is 2. The van der Waals surface area contributed by atoms with Gasteiger partial charge in [0.25, 0.3) is 5.91 Å². The van der Waals surface area contributed by atoms with Crippen LogP contribution in [-0.2, 0) is 4.79 Å². The Morgan fingerprint density at radius 3 is 2.35 bits per heavy atom. The lowest BCUT2D eigenvalue weighted by molar-refractivity contribution is -0.121. The summed E-state index contributed by atoms with van der Waals surface area (Å²) in [6, 6.07) is 14.7. The molecule has 2 aromatic rings. The van der Waals surface area contributed by atoms with E-state index in [1.165, 1.54) is 0 Å². The van der Waals surface area contributed by atoms with E-state index in [1.807, 2.05) is 50.2 Å². The van der Waals surface area contributed by atoms with E-state index in [4.69, 9.17) is 0 Å². The van der Waals surface area contributed by atoms with Crippen molar-refractivity contribution in [3.05, 3.63) is 59.7 Å². The highest BCUT2D eigenvalue weighted by Gasteiger charge is 2.29. The number of carbonyl (C=O) groups is 2. The van der Waals surface area contributed by atoms with Crippen LogP contribution in [0.5, 0.6) is 0 Å². The van der Waals surface area contributed by atoms with E-state index in [1.54, 1.807) is 12.1 Å². The molecule has 1 atom stereocenters. The number of hydrogen-bond acceptors (Lipinski definition) is 3. The molecule has 26 heavy (non-hydrogen) atoms. The van der Waals surface area contributed by atoms with Gasteiger partial charge in [0.05, 0.1) is 0 Å². The number of halogens is 1. The Bertz CT molecular complexity index is 776. The Morgan fingerprint density at radius 1 is 1.04 bits per heavy atom. The highest BCUT2D eigenvalue weighted by atomic mass is 35.5. The predicted molar refractivity (Wildman–Crippen MR) is 107 cm³/mol. The third kappa shape index (κ3) is 4.42. The maximum absolute atomic E-state index is 12.5. The van der Waals surface area contributed by atoms with E-state index in [0.717, 1.165) is 24.3 Å². The van der Waals surface area contributed by atoms with Crippen LogP contribution in [0, 0.1) is 18.8 Å². The minimum atomic E-state index is -0.184. The molecule has 3 N–H and O–H groups in total. The molecule has 1 unspecified atom stereocenters. The first-order chi connectivity index (χ1) is 12.1. The van der Waals surface area contributed by atoms with Gasteiger partial charge in [-0.25, -0.2) is 0 Å². The average molecular weight is 374 g/mol. The van der Waals surface area contributed by atoms with Gasteiger partial charge in [0.2, 0.25) is 5.91 Å². The fraction of sp³-hybridized carbons (Fsp3) is 0.300. The van der Waals surface area contributed by atoms with Gasteiger partial charge in [-0.15, -0.1) is 12.4 Å². The summed E-state index contributed by atoms with van der Waals surface area (Å²) in [5.41, 5.74) is 2.75. The Kier molecular flexibility index (Phi) is 6.77. The van der Waals surface area contributed by atoms with Crippen molar-refractivity contribution in [2.24, 2.45) is 11.8 Å². The zero-order valence-corrected chi connectivity index (χ0v) is 15.7. The second-order valence-corrected chi connectivity index (χ2v) is 6.49. The van der Waals surface area contributed by atoms with Crippen molar-refractivity contribution >= 4 is 35.6 Å². The van der Waals surface area contributed by atoms with E-state index in [0.29, 0.717) is 17.2 Å². The van der Waals surface area contributed by atoms with Crippen LogP contribution in [0.15, 0.2) is 48.5 Å². The summed E-state index contributed by atoms with van der Waals surface area (Å²) < 4.78 is 0. The normalized spacial score (nSPS) is 14.5. The maximum atomic E-state index is 12.5. The Labute approximate surface area is 160 Å². The molecule has 0 spiro atoms. The Hall–Kier alpha value is -2.37. The van der Waals surface area contributed by atoms with Crippen LogP contribution in [0.4, 0.5) is 11.4 Å². The molecular weight excluding hydrogens is 350 g/mol. The van der Waals surface area contributed by atoms with Gasteiger partial charge in [-0.05, 0) is 55.8 Å². The van der Waals surface area contributed by atoms with Gasteiger partial charge in [0.1, 0.15) is 0 Å². The number of nitrogens with one attached hydrogen (secondary N) is 3. The van der Waals surface area contributed by atoms with Gasteiger partial charge >= 0.3 is 0 Å². The highest BCUT2D eigenvalue weighted by Crippen LogP contribution is 2.23.